The Morgan fingerprint density at radius 1 is 1.33 bits per heavy atom. The molecule has 0 aliphatic carbocycles. The molecule has 0 atom stereocenters. The summed E-state index contributed by atoms with van der Waals surface area (Å²) in [6.45, 7) is 0.249. The van der Waals surface area contributed by atoms with E-state index in [0.29, 0.717) is 16.5 Å². The summed E-state index contributed by atoms with van der Waals surface area (Å²) in [5.74, 6) is 8.08. The van der Waals surface area contributed by atoms with Crippen LogP contribution in [0.4, 0.5) is 0 Å². The maximum absolute atomic E-state index is 6.03. The van der Waals surface area contributed by atoms with Gasteiger partial charge in [0.2, 0.25) is 6.79 Å². The first-order chi connectivity index (χ1) is 7.31. The smallest absolute Gasteiger partial charge is 0.231 e. The Morgan fingerprint density at radius 2 is 2.07 bits per heavy atom. The lowest BCUT2D eigenvalue weighted by molar-refractivity contribution is 0.174. The SMILES string of the molecule is SCCC#Cc1cc2c(cc1Cl)OCO2. The van der Waals surface area contributed by atoms with E-state index in [1.54, 1.807) is 12.1 Å². The predicted octanol–water partition coefficient (Wildman–Crippen LogP) is 2.74. The number of thiol groups is 1. The summed E-state index contributed by atoms with van der Waals surface area (Å²) < 4.78 is 10.4. The van der Waals surface area contributed by atoms with Gasteiger partial charge in [0.05, 0.1) is 5.02 Å². The van der Waals surface area contributed by atoms with Crippen LogP contribution in [0.1, 0.15) is 12.0 Å². The summed E-state index contributed by atoms with van der Waals surface area (Å²) >= 11 is 10.1. The number of ether oxygens (including phenoxy) is 2. The normalized spacial score (nSPS) is 12.1. The van der Waals surface area contributed by atoms with E-state index in [1.807, 2.05) is 0 Å². The van der Waals surface area contributed by atoms with Crippen LogP contribution in [0.15, 0.2) is 12.1 Å². The second-order valence-corrected chi connectivity index (χ2v) is 3.82. The standard InChI is InChI=1S/C11H9ClO2S/c12-9-6-11-10(13-7-14-11)5-8(9)3-1-2-4-15/h5-6,15H,2,4,7H2. The molecule has 0 radical (unpaired) electrons. The monoisotopic (exact) mass is 240 g/mol. The molecule has 2 nitrogen and oxygen atoms in total. The molecule has 0 unspecified atom stereocenters. The van der Waals surface area contributed by atoms with Crippen LogP contribution in [0.2, 0.25) is 5.02 Å². The Hall–Kier alpha value is -0.980. The summed E-state index contributed by atoms with van der Waals surface area (Å²) in [6.07, 6.45) is 0.744. The van der Waals surface area contributed by atoms with Crippen molar-refractivity contribution < 1.29 is 9.47 Å². The van der Waals surface area contributed by atoms with Crippen LogP contribution in [0, 0.1) is 11.8 Å². The van der Waals surface area contributed by atoms with E-state index in [9.17, 15) is 0 Å². The second kappa shape index (κ2) is 4.69. The lowest BCUT2D eigenvalue weighted by atomic mass is 10.2. The lowest BCUT2D eigenvalue weighted by Crippen LogP contribution is -1.92. The molecule has 2 rings (SSSR count). The molecular formula is C11H9ClO2S. The lowest BCUT2D eigenvalue weighted by Gasteiger charge is -1.99. The fourth-order valence-electron chi connectivity index (χ4n) is 1.23. The highest BCUT2D eigenvalue weighted by Gasteiger charge is 2.15. The van der Waals surface area contributed by atoms with Crippen LogP contribution in [0.25, 0.3) is 0 Å². The van der Waals surface area contributed by atoms with Crippen molar-refractivity contribution in [2.75, 3.05) is 12.5 Å². The molecule has 0 bridgehead atoms. The van der Waals surface area contributed by atoms with Crippen molar-refractivity contribution in [1.29, 1.82) is 0 Å². The minimum absolute atomic E-state index is 0.249. The molecule has 0 spiro atoms. The van der Waals surface area contributed by atoms with Crippen LogP contribution >= 0.6 is 24.2 Å². The van der Waals surface area contributed by atoms with E-state index in [-0.39, 0.29) is 6.79 Å². The van der Waals surface area contributed by atoms with Crippen molar-refractivity contribution >= 4 is 24.2 Å². The molecule has 0 fully saturated rings. The summed E-state index contributed by atoms with van der Waals surface area (Å²) in [5, 5.41) is 0.589. The quantitative estimate of drug-likeness (QED) is 0.601. The van der Waals surface area contributed by atoms with Gasteiger partial charge in [-0.3, -0.25) is 0 Å². The van der Waals surface area contributed by atoms with Gasteiger partial charge in [-0.25, -0.2) is 0 Å². The molecule has 0 saturated carbocycles. The summed E-state index contributed by atoms with van der Waals surface area (Å²) in [4.78, 5) is 0. The minimum Gasteiger partial charge on any atom is -0.454 e. The number of benzene rings is 1. The molecular weight excluding hydrogens is 232 g/mol. The average molecular weight is 241 g/mol. The van der Waals surface area contributed by atoms with Gasteiger partial charge in [-0.15, -0.1) is 0 Å². The number of halogens is 1. The van der Waals surface area contributed by atoms with Crippen molar-refractivity contribution in [3.8, 4) is 23.3 Å². The molecule has 0 amide bonds. The van der Waals surface area contributed by atoms with E-state index in [4.69, 9.17) is 21.1 Å². The zero-order valence-electron chi connectivity index (χ0n) is 7.92. The highest BCUT2D eigenvalue weighted by molar-refractivity contribution is 7.80. The second-order valence-electron chi connectivity index (χ2n) is 2.96. The van der Waals surface area contributed by atoms with Crippen LogP contribution < -0.4 is 9.47 Å². The average Bonchev–Trinajstić information content (AvgIpc) is 2.65. The van der Waals surface area contributed by atoms with Gasteiger partial charge in [-0.05, 0) is 0 Å². The third kappa shape index (κ3) is 2.34. The zero-order chi connectivity index (χ0) is 10.7. The van der Waals surface area contributed by atoms with E-state index in [0.717, 1.165) is 17.7 Å². The Morgan fingerprint density at radius 3 is 2.80 bits per heavy atom. The molecule has 0 N–H and O–H groups in total. The Labute approximate surface area is 98.9 Å². The third-order valence-electron chi connectivity index (χ3n) is 1.92. The highest BCUT2D eigenvalue weighted by atomic mass is 35.5. The number of fused-ring (bicyclic) bond motifs is 1. The number of rotatable bonds is 1. The van der Waals surface area contributed by atoms with Crippen LogP contribution in [-0.2, 0) is 0 Å². The Bertz CT molecular complexity index is 434. The third-order valence-corrected chi connectivity index (χ3v) is 2.46. The summed E-state index contributed by atoms with van der Waals surface area (Å²) in [5.41, 5.74) is 0.766. The predicted molar refractivity (Wildman–Crippen MR) is 62.9 cm³/mol. The number of hydrogen-bond donors (Lipinski definition) is 1. The number of hydrogen-bond acceptors (Lipinski definition) is 3. The highest BCUT2D eigenvalue weighted by Crippen LogP contribution is 2.36. The molecule has 1 aromatic rings. The van der Waals surface area contributed by atoms with Gasteiger partial charge in [-0.2, -0.15) is 12.6 Å². The largest absolute Gasteiger partial charge is 0.454 e. The maximum atomic E-state index is 6.03. The van der Waals surface area contributed by atoms with Gasteiger partial charge in [-0.1, -0.05) is 23.4 Å². The molecule has 1 heterocycles. The molecule has 0 aromatic heterocycles. The van der Waals surface area contributed by atoms with Crippen LogP contribution in [0.3, 0.4) is 0 Å². The van der Waals surface area contributed by atoms with Crippen molar-refractivity contribution in [2.24, 2.45) is 0 Å². The molecule has 1 aromatic carbocycles. The van der Waals surface area contributed by atoms with Gasteiger partial charge >= 0.3 is 0 Å². The van der Waals surface area contributed by atoms with Gasteiger partial charge in [0.1, 0.15) is 0 Å². The van der Waals surface area contributed by atoms with Crippen molar-refractivity contribution in [2.45, 2.75) is 6.42 Å². The van der Waals surface area contributed by atoms with Crippen LogP contribution in [-0.4, -0.2) is 12.5 Å². The van der Waals surface area contributed by atoms with Crippen LogP contribution in [0.5, 0.6) is 11.5 Å². The van der Waals surface area contributed by atoms with E-state index < -0.39 is 0 Å². The molecule has 1 aliphatic rings. The minimum atomic E-state index is 0.249. The summed E-state index contributed by atoms with van der Waals surface area (Å²) in [6, 6.07) is 3.53. The van der Waals surface area contributed by atoms with Crippen molar-refractivity contribution in [1.82, 2.24) is 0 Å². The molecule has 1 aliphatic heterocycles. The van der Waals surface area contributed by atoms with Crippen molar-refractivity contribution in [3.63, 3.8) is 0 Å². The Balaban J connectivity index is 2.30. The van der Waals surface area contributed by atoms with Gasteiger partial charge in [0.15, 0.2) is 11.5 Å². The first-order valence-corrected chi connectivity index (χ1v) is 5.51. The van der Waals surface area contributed by atoms with Gasteiger partial charge in [0.25, 0.3) is 0 Å². The topological polar surface area (TPSA) is 18.5 Å². The van der Waals surface area contributed by atoms with E-state index >= 15 is 0 Å². The Kier molecular flexibility index (Phi) is 3.30. The maximum Gasteiger partial charge on any atom is 0.231 e. The van der Waals surface area contributed by atoms with Gasteiger partial charge in [0, 0.05) is 29.9 Å². The van der Waals surface area contributed by atoms with Crippen molar-refractivity contribution in [3.05, 3.63) is 22.7 Å². The molecule has 15 heavy (non-hydrogen) atoms. The molecule has 78 valence electrons. The molecule has 4 heteroatoms. The first-order valence-electron chi connectivity index (χ1n) is 4.50. The van der Waals surface area contributed by atoms with E-state index in [1.165, 1.54) is 0 Å². The summed E-state index contributed by atoms with van der Waals surface area (Å²) in [7, 11) is 0. The van der Waals surface area contributed by atoms with Gasteiger partial charge < -0.3 is 9.47 Å². The fraction of sp³-hybridized carbons (Fsp3) is 0.273. The molecule has 0 saturated heterocycles. The zero-order valence-corrected chi connectivity index (χ0v) is 9.57. The fourth-order valence-corrected chi connectivity index (χ4v) is 1.54. The first kappa shape index (κ1) is 10.5. The van der Waals surface area contributed by atoms with E-state index in [2.05, 4.69) is 24.5 Å².